The highest BCUT2D eigenvalue weighted by Crippen LogP contribution is 2.43. The van der Waals surface area contributed by atoms with E-state index < -0.39 is 6.00 Å². The molecule has 0 nitrogen and oxygen atoms in total. The van der Waals surface area contributed by atoms with Crippen molar-refractivity contribution in [2.45, 2.75) is 13.0 Å². The predicted octanol–water partition coefficient (Wildman–Crippen LogP) is 6.78. The second kappa shape index (κ2) is 6.12. The Balaban J connectivity index is 3.40. The predicted molar refractivity (Wildman–Crippen MR) is 89.0 cm³/mol. The standard InChI is InChI=1S/C8H5Br4Cl3Si/c1-3-5(9)7(11)4(2-16(13,14)15)8(12)6(3)10/h2H2,1H3. The van der Waals surface area contributed by atoms with Gasteiger partial charge in [-0.1, -0.05) is 0 Å². The highest BCUT2D eigenvalue weighted by atomic mass is 79.9. The molecule has 1 aromatic carbocycles. The Labute approximate surface area is 143 Å². The first-order valence-corrected chi connectivity index (χ1v) is 12.4. The van der Waals surface area contributed by atoms with Crippen molar-refractivity contribution < 1.29 is 0 Å². The largest absolute Gasteiger partial charge is 0.345 e. The molecule has 0 aliphatic carbocycles. The van der Waals surface area contributed by atoms with E-state index in [-0.39, 0.29) is 0 Å². The summed E-state index contributed by atoms with van der Waals surface area (Å²) in [4.78, 5) is 0. The van der Waals surface area contributed by atoms with Crippen LogP contribution in [0.15, 0.2) is 17.9 Å². The number of benzene rings is 1. The number of hydrogen-bond acceptors (Lipinski definition) is 0. The summed E-state index contributed by atoms with van der Waals surface area (Å²) in [6, 6.07) is -2.25. The zero-order valence-electron chi connectivity index (χ0n) is 7.85. The summed E-state index contributed by atoms with van der Waals surface area (Å²) in [5.41, 5.74) is 2.06. The van der Waals surface area contributed by atoms with Gasteiger partial charge in [-0.3, -0.25) is 0 Å². The number of halogens is 7. The Morgan fingerprint density at radius 1 is 0.875 bits per heavy atom. The van der Waals surface area contributed by atoms with Crippen LogP contribution in [0.5, 0.6) is 0 Å². The summed E-state index contributed by atoms with van der Waals surface area (Å²) in [6.45, 7) is 2.00. The molecule has 0 fully saturated rings. The Hall–Kier alpha value is 2.23. The quantitative estimate of drug-likeness (QED) is 0.215. The molecular formula is C8H5Br4Cl3Si. The first-order valence-electron chi connectivity index (χ1n) is 4.03. The lowest BCUT2D eigenvalue weighted by atomic mass is 10.2. The van der Waals surface area contributed by atoms with Crippen molar-refractivity contribution in [3.05, 3.63) is 29.0 Å². The van der Waals surface area contributed by atoms with Gasteiger partial charge in [0.1, 0.15) is 0 Å². The van der Waals surface area contributed by atoms with E-state index in [1.54, 1.807) is 0 Å². The molecular weight excluding hydrogens is 550 g/mol. The summed E-state index contributed by atoms with van der Waals surface area (Å²) >= 11 is 31.9. The number of hydrogen-bond donors (Lipinski definition) is 0. The van der Waals surface area contributed by atoms with Crippen molar-refractivity contribution in [3.63, 3.8) is 0 Å². The minimum Gasteiger partial charge on any atom is -0.126 e. The number of rotatable bonds is 2. The van der Waals surface area contributed by atoms with Crippen LogP contribution in [0.1, 0.15) is 11.1 Å². The van der Waals surface area contributed by atoms with E-state index in [1.165, 1.54) is 0 Å². The first-order chi connectivity index (χ1) is 7.15. The van der Waals surface area contributed by atoms with E-state index in [9.17, 15) is 0 Å². The Bertz CT molecular complexity index is 401. The summed E-state index contributed by atoms with van der Waals surface area (Å²) in [6.07, 6.45) is 0. The topological polar surface area (TPSA) is 0 Å². The van der Waals surface area contributed by atoms with Crippen LogP contribution in [0.2, 0.25) is 0 Å². The second-order valence-electron chi connectivity index (χ2n) is 3.15. The van der Waals surface area contributed by atoms with Gasteiger partial charge >= 0.3 is 6.00 Å². The zero-order chi connectivity index (χ0) is 12.7. The Kier molecular flexibility index (Phi) is 6.23. The van der Waals surface area contributed by atoms with Crippen LogP contribution in [-0.2, 0) is 6.04 Å². The van der Waals surface area contributed by atoms with Gasteiger partial charge in [0, 0.05) is 23.9 Å². The van der Waals surface area contributed by atoms with E-state index in [2.05, 4.69) is 63.7 Å². The highest BCUT2D eigenvalue weighted by molar-refractivity contribution is 9.14. The molecule has 0 radical (unpaired) electrons. The van der Waals surface area contributed by atoms with Gasteiger partial charge in [0.2, 0.25) is 0 Å². The monoisotopic (exact) mass is 550 g/mol. The molecule has 8 heteroatoms. The van der Waals surface area contributed by atoms with E-state index in [4.69, 9.17) is 33.2 Å². The average Bonchev–Trinajstić information content (AvgIpc) is 2.17. The van der Waals surface area contributed by atoms with Crippen molar-refractivity contribution in [1.82, 2.24) is 0 Å². The van der Waals surface area contributed by atoms with E-state index >= 15 is 0 Å². The maximum Gasteiger partial charge on any atom is 0.345 e. The third-order valence-corrected chi connectivity index (χ3v) is 8.70. The third kappa shape index (κ3) is 3.86. The van der Waals surface area contributed by atoms with Crippen molar-refractivity contribution in [1.29, 1.82) is 0 Å². The van der Waals surface area contributed by atoms with Gasteiger partial charge in [-0.25, -0.2) is 0 Å². The molecule has 0 atom stereocenters. The minimum atomic E-state index is -2.71. The molecule has 0 aromatic heterocycles. The zero-order valence-corrected chi connectivity index (χ0v) is 17.5. The fourth-order valence-electron chi connectivity index (χ4n) is 1.14. The molecule has 1 aromatic rings. The van der Waals surface area contributed by atoms with Crippen molar-refractivity contribution in [3.8, 4) is 0 Å². The minimum absolute atomic E-state index is 0.455. The smallest absolute Gasteiger partial charge is 0.126 e. The molecule has 16 heavy (non-hydrogen) atoms. The summed E-state index contributed by atoms with van der Waals surface area (Å²) in [5, 5.41) is 0. The molecule has 0 amide bonds. The van der Waals surface area contributed by atoms with Crippen LogP contribution in [0.4, 0.5) is 0 Å². The molecule has 0 unspecified atom stereocenters. The SMILES string of the molecule is Cc1c(Br)c(Br)c(C[Si](Cl)(Cl)Cl)c(Br)c1Br. The Morgan fingerprint density at radius 3 is 1.56 bits per heavy atom. The lowest BCUT2D eigenvalue weighted by Crippen LogP contribution is -2.15. The molecule has 0 saturated carbocycles. The van der Waals surface area contributed by atoms with Gasteiger partial charge in [0.15, 0.2) is 0 Å². The molecule has 0 aliphatic rings. The molecule has 0 heterocycles. The fraction of sp³-hybridized carbons (Fsp3) is 0.250. The maximum atomic E-state index is 5.95. The van der Waals surface area contributed by atoms with Gasteiger partial charge < -0.3 is 0 Å². The molecule has 90 valence electrons. The van der Waals surface area contributed by atoms with Gasteiger partial charge in [-0.15, -0.1) is 33.2 Å². The maximum absolute atomic E-state index is 5.95. The second-order valence-corrected chi connectivity index (χ2v) is 15.5. The van der Waals surface area contributed by atoms with Crippen LogP contribution < -0.4 is 0 Å². The van der Waals surface area contributed by atoms with Crippen molar-refractivity contribution >= 4 is 103 Å². The molecule has 0 N–H and O–H groups in total. The molecule has 1 rings (SSSR count). The van der Waals surface area contributed by atoms with Crippen molar-refractivity contribution in [2.75, 3.05) is 0 Å². The van der Waals surface area contributed by atoms with Crippen LogP contribution >= 0.6 is 97.0 Å². The van der Waals surface area contributed by atoms with Gasteiger partial charge in [0.05, 0.1) is 0 Å². The van der Waals surface area contributed by atoms with Crippen LogP contribution in [0.25, 0.3) is 0 Å². The lowest BCUT2D eigenvalue weighted by Gasteiger charge is -2.16. The van der Waals surface area contributed by atoms with E-state index in [1.807, 2.05) is 6.92 Å². The van der Waals surface area contributed by atoms with E-state index in [0.717, 1.165) is 29.0 Å². The van der Waals surface area contributed by atoms with E-state index in [0.29, 0.717) is 6.04 Å². The third-order valence-electron chi connectivity index (χ3n) is 1.95. The molecule has 0 saturated heterocycles. The Morgan fingerprint density at radius 2 is 1.25 bits per heavy atom. The van der Waals surface area contributed by atoms with Crippen LogP contribution in [0.3, 0.4) is 0 Å². The molecule has 0 aliphatic heterocycles. The van der Waals surface area contributed by atoms with Crippen LogP contribution in [0, 0.1) is 6.92 Å². The molecule has 0 spiro atoms. The average molecular weight is 555 g/mol. The first kappa shape index (κ1) is 16.3. The summed E-state index contributed by atoms with van der Waals surface area (Å²) in [5.74, 6) is 0. The van der Waals surface area contributed by atoms with Crippen LogP contribution in [-0.4, -0.2) is 6.00 Å². The van der Waals surface area contributed by atoms with Gasteiger partial charge in [-0.05, 0) is 81.8 Å². The summed E-state index contributed by atoms with van der Waals surface area (Å²) in [7, 11) is 0. The normalized spacial score (nSPS) is 12.0. The lowest BCUT2D eigenvalue weighted by molar-refractivity contribution is 1.24. The highest BCUT2D eigenvalue weighted by Gasteiger charge is 2.29. The van der Waals surface area contributed by atoms with Gasteiger partial charge in [-0.2, -0.15) is 0 Å². The van der Waals surface area contributed by atoms with Crippen molar-refractivity contribution in [2.24, 2.45) is 0 Å². The van der Waals surface area contributed by atoms with Gasteiger partial charge in [0.25, 0.3) is 0 Å². The molecule has 0 bridgehead atoms. The fourth-order valence-corrected chi connectivity index (χ4v) is 6.30. The summed E-state index contributed by atoms with van der Waals surface area (Å²) < 4.78 is 3.81.